The van der Waals surface area contributed by atoms with Crippen LogP contribution >= 0.6 is 0 Å². The van der Waals surface area contributed by atoms with E-state index in [0.29, 0.717) is 44.9 Å². The fourth-order valence-electron chi connectivity index (χ4n) is 2.97. The highest BCUT2D eigenvalue weighted by atomic mass is 16.2. The van der Waals surface area contributed by atoms with Crippen LogP contribution in [0.25, 0.3) is 0 Å². The number of piperazine rings is 1. The molecule has 0 N–H and O–H groups in total. The lowest BCUT2D eigenvalue weighted by atomic mass is 10.0. The second kappa shape index (κ2) is 8.14. The number of amides is 2. The molecule has 0 aromatic heterocycles. The van der Waals surface area contributed by atoms with Crippen molar-refractivity contribution in [2.45, 2.75) is 40.0 Å². The van der Waals surface area contributed by atoms with Crippen LogP contribution in [0.4, 0.5) is 0 Å². The summed E-state index contributed by atoms with van der Waals surface area (Å²) in [6.45, 7) is 8.86. The molecule has 4 nitrogen and oxygen atoms in total. The van der Waals surface area contributed by atoms with Gasteiger partial charge in [-0.25, -0.2) is 0 Å². The lowest BCUT2D eigenvalue weighted by Crippen LogP contribution is -2.50. The van der Waals surface area contributed by atoms with E-state index in [4.69, 9.17) is 0 Å². The van der Waals surface area contributed by atoms with Gasteiger partial charge in [0.25, 0.3) is 0 Å². The monoisotopic (exact) mass is 316 g/mol. The summed E-state index contributed by atoms with van der Waals surface area (Å²) in [4.78, 5) is 28.2. The maximum atomic E-state index is 12.4. The van der Waals surface area contributed by atoms with E-state index in [0.717, 1.165) is 6.42 Å². The third-order valence-electron chi connectivity index (χ3n) is 4.44. The minimum atomic E-state index is 0.198. The maximum Gasteiger partial charge on any atom is 0.223 e. The summed E-state index contributed by atoms with van der Waals surface area (Å²) in [5.74, 6) is 0.799. The third kappa shape index (κ3) is 5.08. The van der Waals surface area contributed by atoms with E-state index >= 15 is 0 Å². The van der Waals surface area contributed by atoms with Crippen molar-refractivity contribution in [1.29, 1.82) is 0 Å². The molecule has 0 bridgehead atoms. The standard InChI is InChI=1S/C19H28N2O2/c1-15(2)14-19(23)21-12-10-20(11-13-21)18(22)9-8-17-7-5-4-6-16(17)3/h4-7,15H,8-14H2,1-3H3. The first-order valence-electron chi connectivity index (χ1n) is 8.57. The Bertz CT molecular complexity index is 546. The van der Waals surface area contributed by atoms with Gasteiger partial charge in [0, 0.05) is 39.0 Å². The quantitative estimate of drug-likeness (QED) is 0.838. The number of benzene rings is 1. The van der Waals surface area contributed by atoms with E-state index in [-0.39, 0.29) is 11.8 Å². The van der Waals surface area contributed by atoms with Crippen molar-refractivity contribution in [3.8, 4) is 0 Å². The molecule has 23 heavy (non-hydrogen) atoms. The third-order valence-corrected chi connectivity index (χ3v) is 4.44. The van der Waals surface area contributed by atoms with Gasteiger partial charge in [-0.05, 0) is 30.4 Å². The lowest BCUT2D eigenvalue weighted by molar-refractivity contribution is -0.140. The Hall–Kier alpha value is -1.84. The van der Waals surface area contributed by atoms with Gasteiger partial charge in [0.1, 0.15) is 0 Å². The summed E-state index contributed by atoms with van der Waals surface area (Å²) in [5.41, 5.74) is 2.48. The Labute approximate surface area is 139 Å². The molecule has 0 radical (unpaired) electrons. The smallest absolute Gasteiger partial charge is 0.223 e. The molecule has 0 unspecified atom stereocenters. The Kier molecular flexibility index (Phi) is 6.20. The Morgan fingerprint density at radius 3 is 2.13 bits per heavy atom. The van der Waals surface area contributed by atoms with Gasteiger partial charge in [-0.15, -0.1) is 0 Å². The summed E-state index contributed by atoms with van der Waals surface area (Å²) in [7, 11) is 0. The topological polar surface area (TPSA) is 40.6 Å². The predicted octanol–water partition coefficient (Wildman–Crippen LogP) is 2.64. The first-order chi connectivity index (χ1) is 11.0. The molecule has 1 aliphatic rings. The van der Waals surface area contributed by atoms with Gasteiger partial charge >= 0.3 is 0 Å². The number of rotatable bonds is 5. The van der Waals surface area contributed by atoms with Crippen molar-refractivity contribution in [3.63, 3.8) is 0 Å². The second-order valence-electron chi connectivity index (χ2n) is 6.79. The van der Waals surface area contributed by atoms with Gasteiger partial charge in [0.2, 0.25) is 11.8 Å². The summed E-state index contributed by atoms with van der Waals surface area (Å²) >= 11 is 0. The number of carbonyl (C=O) groups excluding carboxylic acids is 2. The first kappa shape index (κ1) is 17.5. The molecule has 4 heteroatoms. The van der Waals surface area contributed by atoms with E-state index in [1.54, 1.807) is 0 Å². The predicted molar refractivity (Wildman–Crippen MR) is 92.1 cm³/mol. The van der Waals surface area contributed by atoms with Crippen LogP contribution in [0.15, 0.2) is 24.3 Å². The molecule has 1 aromatic carbocycles. The van der Waals surface area contributed by atoms with Crippen molar-refractivity contribution < 1.29 is 9.59 Å². The molecule has 1 heterocycles. The summed E-state index contributed by atoms with van der Waals surface area (Å²) in [6.07, 6.45) is 1.93. The largest absolute Gasteiger partial charge is 0.339 e. The summed E-state index contributed by atoms with van der Waals surface area (Å²) < 4.78 is 0. The van der Waals surface area contributed by atoms with Gasteiger partial charge in [0.15, 0.2) is 0 Å². The van der Waals surface area contributed by atoms with Crippen molar-refractivity contribution in [3.05, 3.63) is 35.4 Å². The molecular formula is C19H28N2O2. The van der Waals surface area contributed by atoms with E-state index in [9.17, 15) is 9.59 Å². The molecule has 1 saturated heterocycles. The zero-order valence-electron chi connectivity index (χ0n) is 14.5. The number of aryl methyl sites for hydroxylation is 2. The maximum absolute atomic E-state index is 12.4. The molecule has 0 saturated carbocycles. The van der Waals surface area contributed by atoms with Crippen LogP contribution in [0.2, 0.25) is 0 Å². The second-order valence-corrected chi connectivity index (χ2v) is 6.79. The SMILES string of the molecule is Cc1ccccc1CCC(=O)N1CCN(C(=O)CC(C)C)CC1. The normalized spacial score (nSPS) is 15.1. The van der Waals surface area contributed by atoms with Crippen LogP contribution in [-0.2, 0) is 16.0 Å². The van der Waals surface area contributed by atoms with Gasteiger partial charge in [-0.1, -0.05) is 38.1 Å². The minimum Gasteiger partial charge on any atom is -0.339 e. The average molecular weight is 316 g/mol. The molecule has 2 amide bonds. The molecule has 126 valence electrons. The fourth-order valence-corrected chi connectivity index (χ4v) is 2.97. The van der Waals surface area contributed by atoms with E-state index in [1.807, 2.05) is 21.9 Å². The molecular weight excluding hydrogens is 288 g/mol. The molecule has 2 rings (SSSR count). The van der Waals surface area contributed by atoms with Crippen LogP contribution < -0.4 is 0 Å². The van der Waals surface area contributed by atoms with Crippen molar-refractivity contribution in [1.82, 2.24) is 9.80 Å². The van der Waals surface area contributed by atoms with Gasteiger partial charge in [-0.2, -0.15) is 0 Å². The molecule has 0 aliphatic carbocycles. The first-order valence-corrected chi connectivity index (χ1v) is 8.57. The summed E-state index contributed by atoms with van der Waals surface area (Å²) in [5, 5.41) is 0. The van der Waals surface area contributed by atoms with Crippen molar-refractivity contribution in [2.24, 2.45) is 5.92 Å². The van der Waals surface area contributed by atoms with Crippen LogP contribution in [0.3, 0.4) is 0 Å². The number of hydrogen-bond acceptors (Lipinski definition) is 2. The van der Waals surface area contributed by atoms with E-state index < -0.39 is 0 Å². The average Bonchev–Trinajstić information content (AvgIpc) is 2.53. The van der Waals surface area contributed by atoms with Gasteiger partial charge < -0.3 is 9.80 Å². The van der Waals surface area contributed by atoms with Gasteiger partial charge in [-0.3, -0.25) is 9.59 Å². The molecule has 0 spiro atoms. The van der Waals surface area contributed by atoms with Crippen molar-refractivity contribution >= 4 is 11.8 Å². The van der Waals surface area contributed by atoms with E-state index in [2.05, 4.69) is 32.9 Å². The summed E-state index contributed by atoms with van der Waals surface area (Å²) in [6, 6.07) is 8.21. The highest BCUT2D eigenvalue weighted by Gasteiger charge is 2.24. The van der Waals surface area contributed by atoms with Crippen molar-refractivity contribution in [2.75, 3.05) is 26.2 Å². The van der Waals surface area contributed by atoms with Crippen LogP contribution in [0, 0.1) is 12.8 Å². The fraction of sp³-hybridized carbons (Fsp3) is 0.579. The zero-order chi connectivity index (χ0) is 16.8. The minimum absolute atomic E-state index is 0.198. The van der Waals surface area contributed by atoms with Crippen LogP contribution in [0.5, 0.6) is 0 Å². The number of carbonyl (C=O) groups is 2. The Balaban J connectivity index is 1.77. The number of nitrogens with zero attached hydrogens (tertiary/aromatic N) is 2. The number of hydrogen-bond donors (Lipinski definition) is 0. The highest BCUT2D eigenvalue weighted by molar-refractivity contribution is 5.78. The van der Waals surface area contributed by atoms with Gasteiger partial charge in [0.05, 0.1) is 0 Å². The van der Waals surface area contributed by atoms with Crippen LogP contribution in [0.1, 0.15) is 37.8 Å². The molecule has 1 aromatic rings. The zero-order valence-corrected chi connectivity index (χ0v) is 14.5. The Morgan fingerprint density at radius 1 is 1.00 bits per heavy atom. The van der Waals surface area contributed by atoms with Crippen LogP contribution in [-0.4, -0.2) is 47.8 Å². The highest BCUT2D eigenvalue weighted by Crippen LogP contribution is 2.12. The van der Waals surface area contributed by atoms with E-state index in [1.165, 1.54) is 11.1 Å². The molecule has 0 atom stereocenters. The molecule has 1 aliphatic heterocycles. The Morgan fingerprint density at radius 2 is 1.57 bits per heavy atom. The molecule has 1 fully saturated rings. The lowest BCUT2D eigenvalue weighted by Gasteiger charge is -2.35.